The molecular formula is C66H80ClN13O6. The number of carbonyl (C=O) groups is 2. The number of likely N-dealkylation sites (tertiary alicyclic amines) is 1. The standard InChI is InChI=1S/C52H59ClN10O5.C13H17N3.CH4O/c1-6-33-8-7-17-61(33)51(65)48(28(2)3)63-25-40(42(26-64)60-63)36-13-12-31(45(53)46(36)54-5)27-67-49-44(43-29(4)9-14-41-39(43)23-56-59-41)37(30-10-11-30)21-38-47(49)57-52(68-35-15-18-66-19-16-35)58-50(38)62-24-32-20-34(62)22-55-32;1-3-16-13(8-9-15-16)12-6-4-11(5-7-12)10-14-2;1-2/h6,9,12-14,21,23,25-26,28,30,32-35,48,54-55H,1,7-8,10-11,15-20,22,24,27H2,2-5H3,(H,56,59);4-9,14H,3,10H2,1-2H3;2H,1H3. The fourth-order valence-electron chi connectivity index (χ4n) is 13.0. The molecule has 2 bridgehead atoms. The summed E-state index contributed by atoms with van der Waals surface area (Å²) in [5.41, 5.74) is 12.4. The summed E-state index contributed by atoms with van der Waals surface area (Å²) in [6.45, 7) is 17.8. The van der Waals surface area contributed by atoms with Crippen LogP contribution in [0, 0.1) is 12.8 Å². The molecule has 13 rings (SSSR count). The third-order valence-electron chi connectivity index (χ3n) is 17.5. The number of aliphatic hydroxyl groups is 1. The Hall–Kier alpha value is -7.68. The molecule has 4 aliphatic heterocycles. The Morgan fingerprint density at radius 2 is 1.79 bits per heavy atom. The molecule has 4 aromatic heterocycles. The van der Waals surface area contributed by atoms with Gasteiger partial charge in [0.2, 0.25) is 5.91 Å². The maximum atomic E-state index is 14.1. The number of hydrogen-bond donors (Lipinski definition) is 5. The molecule has 4 aromatic carbocycles. The van der Waals surface area contributed by atoms with Crippen LogP contribution in [0.25, 0.3) is 55.3 Å². The highest BCUT2D eigenvalue weighted by atomic mass is 35.5. The number of ether oxygens (including phenoxy) is 3. The lowest BCUT2D eigenvalue weighted by molar-refractivity contribution is -0.136. The SMILES string of the molecule is C=CC1CCCN1C(=O)C(C(C)C)n1cc(-c2ccc(COc3c(-c4c(C)ccc5[nH]ncc45)c(C4CC4)cc4c(N5CC6CC5CN6)nc(OC5CCOCC5)nc34)c(Cl)c2NC)c(C=O)n1.CCn1nccc1-c1ccc(CNC)cc1.CO. The molecule has 5 aliphatic rings. The minimum absolute atomic E-state index is 0.0258. The van der Waals surface area contributed by atoms with E-state index in [9.17, 15) is 9.59 Å². The number of amides is 1. The van der Waals surface area contributed by atoms with E-state index in [-0.39, 0.29) is 36.3 Å². The van der Waals surface area contributed by atoms with E-state index in [2.05, 4.69) is 105 Å². The number of anilines is 2. The van der Waals surface area contributed by atoms with E-state index in [1.165, 1.54) is 22.4 Å². The maximum Gasteiger partial charge on any atom is 0.319 e. The van der Waals surface area contributed by atoms with Crippen molar-refractivity contribution in [2.24, 2.45) is 5.92 Å². The van der Waals surface area contributed by atoms with Crippen molar-refractivity contribution in [3.63, 3.8) is 0 Å². The molecule has 86 heavy (non-hydrogen) atoms. The van der Waals surface area contributed by atoms with Crippen LogP contribution in [-0.4, -0.2) is 140 Å². The number of hydrogen-bond acceptors (Lipinski definition) is 15. The Balaban J connectivity index is 0.000000367. The zero-order chi connectivity index (χ0) is 60.2. The van der Waals surface area contributed by atoms with Crippen LogP contribution in [0.2, 0.25) is 5.02 Å². The monoisotopic (exact) mass is 1190 g/mol. The number of piperazine rings is 1. The Bertz CT molecular complexity index is 3720. The summed E-state index contributed by atoms with van der Waals surface area (Å²) in [6.07, 6.45) is 14.6. The van der Waals surface area contributed by atoms with Crippen LogP contribution in [0.1, 0.15) is 110 Å². The van der Waals surface area contributed by atoms with E-state index in [1.807, 2.05) is 68.1 Å². The minimum Gasteiger partial charge on any atom is -0.486 e. The van der Waals surface area contributed by atoms with Crippen LogP contribution in [0.3, 0.4) is 0 Å². The molecule has 1 saturated carbocycles. The van der Waals surface area contributed by atoms with Crippen molar-refractivity contribution >= 4 is 57.1 Å². The van der Waals surface area contributed by atoms with Crippen molar-refractivity contribution in [2.45, 2.75) is 129 Å². The van der Waals surface area contributed by atoms with Crippen molar-refractivity contribution in [2.75, 3.05) is 64.3 Å². The number of aryl methyl sites for hydroxylation is 2. The van der Waals surface area contributed by atoms with Gasteiger partial charge in [-0.25, -0.2) is 0 Å². The Kier molecular flexibility index (Phi) is 18.5. The van der Waals surface area contributed by atoms with Crippen LogP contribution in [0.5, 0.6) is 11.8 Å². The summed E-state index contributed by atoms with van der Waals surface area (Å²) < 4.78 is 23.3. The van der Waals surface area contributed by atoms with Gasteiger partial charge >= 0.3 is 6.01 Å². The van der Waals surface area contributed by atoms with Gasteiger partial charge in [-0.3, -0.25) is 24.1 Å². The molecule has 4 saturated heterocycles. The summed E-state index contributed by atoms with van der Waals surface area (Å²) in [7, 11) is 4.77. The number of fused-ring (bicyclic) bond motifs is 4. The molecule has 0 spiro atoms. The van der Waals surface area contributed by atoms with Gasteiger partial charge in [-0.1, -0.05) is 74.0 Å². The van der Waals surface area contributed by atoms with E-state index >= 15 is 0 Å². The van der Waals surface area contributed by atoms with E-state index in [0.717, 1.165) is 129 Å². The molecule has 452 valence electrons. The van der Waals surface area contributed by atoms with Crippen LogP contribution in [0.4, 0.5) is 11.5 Å². The maximum absolute atomic E-state index is 14.1. The Morgan fingerprint density at radius 3 is 2.48 bits per heavy atom. The summed E-state index contributed by atoms with van der Waals surface area (Å²) >= 11 is 7.44. The summed E-state index contributed by atoms with van der Waals surface area (Å²) in [5, 5.41) is 36.2. The Morgan fingerprint density at radius 1 is 0.988 bits per heavy atom. The molecule has 20 heteroatoms. The van der Waals surface area contributed by atoms with Crippen molar-refractivity contribution < 1.29 is 28.9 Å². The molecule has 1 aliphatic carbocycles. The first-order valence-electron chi connectivity index (χ1n) is 30.3. The molecule has 0 radical (unpaired) electrons. The number of carbonyl (C=O) groups excluding carboxylic acids is 2. The number of aromatic amines is 1. The molecule has 1 amide bonds. The van der Waals surface area contributed by atoms with E-state index < -0.39 is 6.04 Å². The number of nitrogens with one attached hydrogen (secondary N) is 4. The molecular weight excluding hydrogens is 1110 g/mol. The molecule has 8 heterocycles. The van der Waals surface area contributed by atoms with Crippen molar-refractivity contribution in [3.05, 3.63) is 125 Å². The third kappa shape index (κ3) is 12.0. The molecule has 4 unspecified atom stereocenters. The number of aromatic nitrogens is 8. The predicted molar refractivity (Wildman–Crippen MR) is 338 cm³/mol. The first-order valence-corrected chi connectivity index (χ1v) is 30.7. The van der Waals surface area contributed by atoms with E-state index in [4.69, 9.17) is 46.0 Å². The fourth-order valence-corrected chi connectivity index (χ4v) is 13.3. The second-order valence-electron chi connectivity index (χ2n) is 23.3. The number of aldehydes is 1. The van der Waals surface area contributed by atoms with Gasteiger partial charge < -0.3 is 45.1 Å². The number of benzene rings is 4. The number of H-pyrrole nitrogens is 1. The van der Waals surface area contributed by atoms with Crippen molar-refractivity contribution in [3.8, 4) is 45.3 Å². The lowest BCUT2D eigenvalue weighted by Gasteiger charge is -2.31. The van der Waals surface area contributed by atoms with Crippen molar-refractivity contribution in [1.29, 1.82) is 0 Å². The lowest BCUT2D eigenvalue weighted by atomic mass is 9.89. The average Bonchev–Trinajstić information content (AvgIpc) is 1.41. The zero-order valence-electron chi connectivity index (χ0n) is 50.4. The number of halogens is 1. The van der Waals surface area contributed by atoms with Gasteiger partial charge in [0.15, 0.2) is 12.0 Å². The quantitative estimate of drug-likeness (QED) is 0.0376. The Labute approximate surface area is 507 Å². The fraction of sp³-hybridized carbons (Fsp3) is 0.439. The van der Waals surface area contributed by atoms with Gasteiger partial charge in [0, 0.05) is 123 Å². The van der Waals surface area contributed by atoms with Crippen LogP contribution < -0.4 is 30.3 Å². The van der Waals surface area contributed by atoms with Gasteiger partial charge in [0.25, 0.3) is 0 Å². The van der Waals surface area contributed by atoms with E-state index in [1.54, 1.807) is 10.9 Å². The molecule has 19 nitrogen and oxygen atoms in total. The first kappa shape index (κ1) is 60.0. The summed E-state index contributed by atoms with van der Waals surface area (Å²) in [5.74, 6) is 1.72. The topological polar surface area (TPSA) is 215 Å². The van der Waals surface area contributed by atoms with Gasteiger partial charge in [-0.15, -0.1) is 6.58 Å². The van der Waals surface area contributed by atoms with Gasteiger partial charge in [-0.05, 0) is 111 Å². The van der Waals surface area contributed by atoms with Gasteiger partial charge in [0.1, 0.15) is 35.8 Å². The van der Waals surface area contributed by atoms with E-state index in [0.29, 0.717) is 76.9 Å². The minimum atomic E-state index is -0.611. The van der Waals surface area contributed by atoms with Crippen LogP contribution >= 0.6 is 11.6 Å². The lowest BCUT2D eigenvalue weighted by Crippen LogP contribution is -2.44. The number of nitrogens with zero attached hydrogens (tertiary/aromatic N) is 9. The third-order valence-corrected chi connectivity index (χ3v) is 17.9. The zero-order valence-corrected chi connectivity index (χ0v) is 51.2. The van der Waals surface area contributed by atoms with Gasteiger partial charge in [0.05, 0.1) is 41.3 Å². The molecule has 8 aromatic rings. The summed E-state index contributed by atoms with van der Waals surface area (Å²) in [6, 6.07) is 21.5. The average molecular weight is 1190 g/mol. The largest absolute Gasteiger partial charge is 0.486 e. The highest BCUT2D eigenvalue weighted by Gasteiger charge is 2.41. The molecule has 4 atom stereocenters. The normalized spacial score (nSPS) is 18.7. The van der Waals surface area contributed by atoms with Crippen molar-refractivity contribution in [1.82, 2.24) is 55.3 Å². The highest BCUT2D eigenvalue weighted by Crippen LogP contribution is 2.54. The number of rotatable bonds is 19. The molecule has 5 N–H and O–H groups in total. The second-order valence-corrected chi connectivity index (χ2v) is 23.7. The first-order chi connectivity index (χ1) is 42.0. The second kappa shape index (κ2) is 26.5. The molecule has 5 fully saturated rings. The summed E-state index contributed by atoms with van der Waals surface area (Å²) in [4.78, 5) is 41.8. The smallest absolute Gasteiger partial charge is 0.319 e. The van der Waals surface area contributed by atoms with Gasteiger partial charge in [-0.2, -0.15) is 25.3 Å². The van der Waals surface area contributed by atoms with Crippen LogP contribution in [-0.2, 0) is 29.2 Å². The predicted octanol–water partition coefficient (Wildman–Crippen LogP) is 10.7. The number of aliphatic hydroxyl groups excluding tert-OH is 1. The highest BCUT2D eigenvalue weighted by molar-refractivity contribution is 6.34. The van der Waals surface area contributed by atoms with Crippen LogP contribution in [0.15, 0.2) is 91.9 Å².